The Hall–Kier alpha value is -1.00. The van der Waals surface area contributed by atoms with Crippen LogP contribution >= 0.6 is 0 Å². The Labute approximate surface area is 100.0 Å². The van der Waals surface area contributed by atoms with E-state index < -0.39 is 16.6 Å². The Bertz CT molecular complexity index is 464. The zero-order valence-corrected chi connectivity index (χ0v) is 10.4. The Morgan fingerprint density at radius 2 is 2.00 bits per heavy atom. The molecule has 2 heterocycles. The molecule has 4 atom stereocenters. The minimum atomic E-state index is -0.680. The molecule has 0 N–H and O–H groups in total. The van der Waals surface area contributed by atoms with Gasteiger partial charge in [-0.15, -0.1) is 0 Å². The van der Waals surface area contributed by atoms with Crippen LogP contribution in [0.25, 0.3) is 0 Å². The number of epoxide rings is 2. The zero-order chi connectivity index (χ0) is 12.6. The van der Waals surface area contributed by atoms with E-state index in [1.807, 2.05) is 20.8 Å². The molecule has 0 spiro atoms. The van der Waals surface area contributed by atoms with Crippen molar-refractivity contribution in [2.75, 3.05) is 0 Å². The highest BCUT2D eigenvalue weighted by atomic mass is 16.7. The second-order valence-corrected chi connectivity index (χ2v) is 5.86. The van der Waals surface area contributed by atoms with Gasteiger partial charge in [0, 0.05) is 0 Å². The molecule has 4 heteroatoms. The van der Waals surface area contributed by atoms with Gasteiger partial charge in [0.2, 0.25) is 0 Å². The smallest absolute Gasteiger partial charge is 0.173 e. The van der Waals surface area contributed by atoms with Crippen molar-refractivity contribution in [3.63, 3.8) is 0 Å². The molecule has 3 fully saturated rings. The van der Waals surface area contributed by atoms with Gasteiger partial charge < -0.3 is 9.47 Å². The van der Waals surface area contributed by atoms with Crippen LogP contribution in [0.3, 0.4) is 0 Å². The maximum atomic E-state index is 12.2. The summed E-state index contributed by atoms with van der Waals surface area (Å²) in [7, 11) is 0. The summed E-state index contributed by atoms with van der Waals surface area (Å²) >= 11 is 0. The Kier molecular flexibility index (Phi) is 1.76. The second-order valence-electron chi connectivity index (χ2n) is 5.86. The molecular formula is C13H16O4. The summed E-state index contributed by atoms with van der Waals surface area (Å²) in [6.45, 7) is 7.17. The zero-order valence-electron chi connectivity index (χ0n) is 10.4. The van der Waals surface area contributed by atoms with Gasteiger partial charge in [0.25, 0.3) is 0 Å². The first-order chi connectivity index (χ1) is 7.76. The predicted octanol–water partition coefficient (Wildman–Crippen LogP) is 1.04. The molecule has 3 aliphatic rings. The van der Waals surface area contributed by atoms with E-state index in [1.165, 1.54) is 13.0 Å². The molecule has 0 amide bonds. The number of fused-ring (bicyclic) bond motifs is 3. The van der Waals surface area contributed by atoms with Gasteiger partial charge in [-0.05, 0) is 39.8 Å². The van der Waals surface area contributed by atoms with Crippen LogP contribution in [0.1, 0.15) is 27.7 Å². The molecular weight excluding hydrogens is 220 g/mol. The van der Waals surface area contributed by atoms with Gasteiger partial charge in [-0.25, -0.2) is 0 Å². The van der Waals surface area contributed by atoms with Gasteiger partial charge in [-0.1, -0.05) is 0 Å². The lowest BCUT2D eigenvalue weighted by Gasteiger charge is -2.32. The first-order valence-electron chi connectivity index (χ1n) is 5.86. The predicted molar refractivity (Wildman–Crippen MR) is 59.5 cm³/mol. The summed E-state index contributed by atoms with van der Waals surface area (Å²) in [6.07, 6.45) is 2.78. The average molecular weight is 236 g/mol. The monoisotopic (exact) mass is 236 g/mol. The molecule has 2 saturated heterocycles. The molecule has 3 rings (SSSR count). The lowest BCUT2D eigenvalue weighted by Crippen LogP contribution is -2.51. The SMILES string of the molecule is CC(=O)/C=C/C12OC1(C)C1OC1C(=O)C2(C)C. The van der Waals surface area contributed by atoms with Crippen LogP contribution < -0.4 is 0 Å². The van der Waals surface area contributed by atoms with E-state index in [0.717, 1.165) is 0 Å². The number of hydrogen-bond acceptors (Lipinski definition) is 4. The summed E-state index contributed by atoms with van der Waals surface area (Å²) in [6, 6.07) is 0. The highest BCUT2D eigenvalue weighted by molar-refractivity contribution is 5.96. The molecule has 4 nitrogen and oxygen atoms in total. The minimum Gasteiger partial charge on any atom is -0.358 e. The molecule has 0 bridgehead atoms. The van der Waals surface area contributed by atoms with Crippen molar-refractivity contribution in [3.8, 4) is 0 Å². The highest BCUT2D eigenvalue weighted by Crippen LogP contribution is 2.69. The van der Waals surface area contributed by atoms with Crippen molar-refractivity contribution in [1.82, 2.24) is 0 Å². The number of Topliss-reactive ketones (excluding diaryl/α,β-unsaturated/α-hetero) is 1. The van der Waals surface area contributed by atoms with Crippen LogP contribution in [0.15, 0.2) is 12.2 Å². The number of allylic oxidation sites excluding steroid dienone is 1. The molecule has 0 aromatic rings. The van der Waals surface area contributed by atoms with Gasteiger partial charge in [-0.2, -0.15) is 0 Å². The Balaban J connectivity index is 2.04. The lowest BCUT2D eigenvalue weighted by atomic mass is 9.63. The fourth-order valence-electron chi connectivity index (χ4n) is 3.24. The van der Waals surface area contributed by atoms with Gasteiger partial charge in [0.05, 0.1) is 5.41 Å². The molecule has 1 saturated carbocycles. The average Bonchev–Trinajstić information content (AvgIpc) is 3.07. The normalized spacial score (nSPS) is 49.8. The van der Waals surface area contributed by atoms with Gasteiger partial charge in [0.1, 0.15) is 23.4 Å². The summed E-state index contributed by atoms with van der Waals surface area (Å²) in [5.41, 5.74) is -1.78. The minimum absolute atomic E-state index is 0.0423. The van der Waals surface area contributed by atoms with E-state index in [1.54, 1.807) is 6.08 Å². The molecule has 0 radical (unpaired) electrons. The first kappa shape index (κ1) is 11.1. The Morgan fingerprint density at radius 3 is 2.59 bits per heavy atom. The Morgan fingerprint density at radius 1 is 1.35 bits per heavy atom. The number of carbonyl (C=O) groups is 2. The molecule has 1 aliphatic carbocycles. The van der Waals surface area contributed by atoms with E-state index in [9.17, 15) is 9.59 Å². The topological polar surface area (TPSA) is 59.2 Å². The number of carbonyl (C=O) groups excluding carboxylic acids is 2. The van der Waals surface area contributed by atoms with Crippen LogP contribution in [-0.4, -0.2) is 35.0 Å². The third kappa shape index (κ3) is 1.06. The van der Waals surface area contributed by atoms with Gasteiger partial charge >= 0.3 is 0 Å². The highest BCUT2D eigenvalue weighted by Gasteiger charge is 2.86. The molecule has 17 heavy (non-hydrogen) atoms. The summed E-state index contributed by atoms with van der Waals surface area (Å²) in [4.78, 5) is 23.3. The number of ether oxygens (including phenoxy) is 2. The molecule has 0 aromatic carbocycles. The van der Waals surface area contributed by atoms with E-state index in [4.69, 9.17) is 9.47 Å². The standard InChI is InChI=1S/C13H16O4/c1-7(14)5-6-13-11(2,3)9(15)8-10(16-8)12(13,4)17-13/h5-6,8,10H,1-4H3/b6-5+. The quantitative estimate of drug-likeness (QED) is 0.531. The van der Waals surface area contributed by atoms with Crippen LogP contribution in [0.4, 0.5) is 0 Å². The molecule has 2 aliphatic heterocycles. The van der Waals surface area contributed by atoms with Crippen LogP contribution in [0.5, 0.6) is 0 Å². The third-order valence-corrected chi connectivity index (χ3v) is 4.46. The van der Waals surface area contributed by atoms with Gasteiger partial charge in [-0.3, -0.25) is 9.59 Å². The van der Waals surface area contributed by atoms with Crippen molar-refractivity contribution in [3.05, 3.63) is 12.2 Å². The van der Waals surface area contributed by atoms with Crippen molar-refractivity contribution in [1.29, 1.82) is 0 Å². The third-order valence-electron chi connectivity index (χ3n) is 4.46. The first-order valence-corrected chi connectivity index (χ1v) is 5.86. The fourth-order valence-corrected chi connectivity index (χ4v) is 3.24. The molecule has 4 unspecified atom stereocenters. The largest absolute Gasteiger partial charge is 0.358 e. The van der Waals surface area contributed by atoms with Gasteiger partial charge in [0.15, 0.2) is 11.6 Å². The lowest BCUT2D eigenvalue weighted by molar-refractivity contribution is -0.131. The summed E-state index contributed by atoms with van der Waals surface area (Å²) in [5.74, 6) is 0.0324. The van der Waals surface area contributed by atoms with Crippen molar-refractivity contribution in [2.45, 2.75) is 51.1 Å². The van der Waals surface area contributed by atoms with Crippen LogP contribution in [0, 0.1) is 5.41 Å². The number of rotatable bonds is 2. The van der Waals surface area contributed by atoms with Crippen molar-refractivity contribution >= 4 is 11.6 Å². The van der Waals surface area contributed by atoms with Crippen LogP contribution in [-0.2, 0) is 19.1 Å². The van der Waals surface area contributed by atoms with Crippen LogP contribution in [0.2, 0.25) is 0 Å². The summed E-state index contributed by atoms with van der Waals surface area (Å²) < 4.78 is 11.3. The van der Waals surface area contributed by atoms with Crippen molar-refractivity contribution in [2.24, 2.45) is 5.41 Å². The van der Waals surface area contributed by atoms with Crippen molar-refractivity contribution < 1.29 is 19.1 Å². The summed E-state index contributed by atoms with van der Waals surface area (Å²) in [5, 5.41) is 0. The number of ketones is 2. The maximum Gasteiger partial charge on any atom is 0.173 e. The van der Waals surface area contributed by atoms with E-state index in [0.29, 0.717) is 0 Å². The van der Waals surface area contributed by atoms with E-state index in [2.05, 4.69) is 0 Å². The number of hydrogen-bond donors (Lipinski definition) is 0. The molecule has 0 aromatic heterocycles. The van der Waals surface area contributed by atoms with E-state index >= 15 is 0 Å². The van der Waals surface area contributed by atoms with E-state index in [-0.39, 0.29) is 23.8 Å². The fraction of sp³-hybridized carbons (Fsp3) is 0.692. The molecule has 92 valence electrons. The second kappa shape index (κ2) is 2.70. The maximum absolute atomic E-state index is 12.2.